The van der Waals surface area contributed by atoms with Crippen molar-refractivity contribution in [1.82, 2.24) is 4.90 Å². The Morgan fingerprint density at radius 3 is 2.27 bits per heavy atom. The molecule has 1 fully saturated rings. The van der Waals surface area contributed by atoms with Gasteiger partial charge in [-0.1, -0.05) is 12.1 Å². The number of piperidine rings is 1. The summed E-state index contributed by atoms with van der Waals surface area (Å²) in [5.41, 5.74) is 1.69. The molecule has 7 heteroatoms. The number of carbonyl (C=O) groups excluding carboxylic acids is 3. The Balaban J connectivity index is 1.59. The van der Waals surface area contributed by atoms with Crippen molar-refractivity contribution in [3.63, 3.8) is 0 Å². The number of nitrogens with one attached hydrogen (secondary N) is 1. The van der Waals surface area contributed by atoms with E-state index in [1.807, 2.05) is 0 Å². The largest absolute Gasteiger partial charge is 0.493 e. The van der Waals surface area contributed by atoms with Crippen LogP contribution in [0, 0.1) is 5.92 Å². The Kier molecular flexibility index (Phi) is 6.72. The molecule has 3 rings (SSSR count). The third-order valence-electron chi connectivity index (χ3n) is 5.32. The van der Waals surface area contributed by atoms with Gasteiger partial charge >= 0.3 is 0 Å². The SMILES string of the molecule is COc1ccc(C(=O)N2CCC(C(=O)Nc3cccc(C(C)=O)c3)CC2)cc1OC. The lowest BCUT2D eigenvalue weighted by molar-refractivity contribution is -0.121. The van der Waals surface area contributed by atoms with Crippen LogP contribution >= 0.6 is 0 Å². The van der Waals surface area contributed by atoms with Crippen molar-refractivity contribution in [3.05, 3.63) is 53.6 Å². The normalized spacial score (nSPS) is 14.2. The first-order valence-corrected chi connectivity index (χ1v) is 9.86. The van der Waals surface area contributed by atoms with Crippen molar-refractivity contribution in [2.45, 2.75) is 19.8 Å². The van der Waals surface area contributed by atoms with Crippen LogP contribution in [0.3, 0.4) is 0 Å². The van der Waals surface area contributed by atoms with E-state index in [9.17, 15) is 14.4 Å². The lowest BCUT2D eigenvalue weighted by Gasteiger charge is -2.31. The fourth-order valence-electron chi connectivity index (χ4n) is 3.56. The van der Waals surface area contributed by atoms with Crippen molar-refractivity contribution in [3.8, 4) is 11.5 Å². The van der Waals surface area contributed by atoms with Gasteiger partial charge in [-0.15, -0.1) is 0 Å². The van der Waals surface area contributed by atoms with Gasteiger partial charge in [-0.3, -0.25) is 14.4 Å². The van der Waals surface area contributed by atoms with Crippen LogP contribution < -0.4 is 14.8 Å². The van der Waals surface area contributed by atoms with Gasteiger partial charge in [-0.25, -0.2) is 0 Å². The molecule has 1 N–H and O–H groups in total. The Morgan fingerprint density at radius 2 is 1.63 bits per heavy atom. The van der Waals surface area contributed by atoms with Crippen LogP contribution in [0.25, 0.3) is 0 Å². The third kappa shape index (κ3) is 4.79. The molecule has 0 unspecified atom stereocenters. The minimum absolute atomic E-state index is 0.0481. The number of likely N-dealkylation sites (tertiary alicyclic amines) is 1. The zero-order chi connectivity index (χ0) is 21.7. The highest BCUT2D eigenvalue weighted by molar-refractivity contribution is 5.98. The maximum absolute atomic E-state index is 12.8. The molecule has 2 aromatic carbocycles. The first-order chi connectivity index (χ1) is 14.4. The van der Waals surface area contributed by atoms with Crippen LogP contribution in [-0.2, 0) is 4.79 Å². The number of Topliss-reactive ketones (excluding diaryl/α,β-unsaturated/α-hetero) is 1. The molecule has 0 bridgehead atoms. The van der Waals surface area contributed by atoms with Crippen LogP contribution in [0.2, 0.25) is 0 Å². The lowest BCUT2D eigenvalue weighted by atomic mass is 9.95. The molecule has 30 heavy (non-hydrogen) atoms. The molecule has 0 radical (unpaired) electrons. The van der Waals surface area contributed by atoms with Crippen LogP contribution in [0.4, 0.5) is 5.69 Å². The minimum Gasteiger partial charge on any atom is -0.493 e. The monoisotopic (exact) mass is 410 g/mol. The smallest absolute Gasteiger partial charge is 0.253 e. The topological polar surface area (TPSA) is 84.9 Å². The average Bonchev–Trinajstić information content (AvgIpc) is 2.78. The second-order valence-corrected chi connectivity index (χ2v) is 7.26. The van der Waals surface area contributed by atoms with E-state index in [0.29, 0.717) is 54.2 Å². The van der Waals surface area contributed by atoms with E-state index in [-0.39, 0.29) is 23.5 Å². The highest BCUT2D eigenvalue weighted by Crippen LogP contribution is 2.29. The summed E-state index contributed by atoms with van der Waals surface area (Å²) in [6.45, 7) is 2.49. The zero-order valence-electron chi connectivity index (χ0n) is 17.4. The Labute approximate surface area is 176 Å². The maximum atomic E-state index is 12.8. The highest BCUT2D eigenvalue weighted by Gasteiger charge is 2.28. The first kappa shape index (κ1) is 21.4. The van der Waals surface area contributed by atoms with Crippen molar-refractivity contribution in [2.75, 3.05) is 32.6 Å². The van der Waals surface area contributed by atoms with Crippen LogP contribution in [0.5, 0.6) is 11.5 Å². The molecular weight excluding hydrogens is 384 g/mol. The summed E-state index contributed by atoms with van der Waals surface area (Å²) < 4.78 is 10.5. The average molecular weight is 410 g/mol. The molecule has 1 aliphatic rings. The first-order valence-electron chi connectivity index (χ1n) is 9.86. The van der Waals surface area contributed by atoms with E-state index in [2.05, 4.69) is 5.32 Å². The Bertz CT molecular complexity index is 948. The van der Waals surface area contributed by atoms with E-state index in [1.165, 1.54) is 14.0 Å². The predicted octanol–water partition coefficient (Wildman–Crippen LogP) is 3.40. The molecular formula is C23H26N2O5. The van der Waals surface area contributed by atoms with Gasteiger partial charge in [0.1, 0.15) is 0 Å². The quantitative estimate of drug-likeness (QED) is 0.738. The van der Waals surface area contributed by atoms with Crippen molar-refractivity contribution in [1.29, 1.82) is 0 Å². The third-order valence-corrected chi connectivity index (χ3v) is 5.32. The molecule has 2 amide bonds. The van der Waals surface area contributed by atoms with Crippen LogP contribution in [-0.4, -0.2) is 49.8 Å². The summed E-state index contributed by atoms with van der Waals surface area (Å²) in [5, 5.41) is 2.89. The molecule has 0 saturated carbocycles. The number of methoxy groups -OCH3 is 2. The predicted molar refractivity (Wildman–Crippen MR) is 113 cm³/mol. The molecule has 0 aromatic heterocycles. The summed E-state index contributed by atoms with van der Waals surface area (Å²) in [4.78, 5) is 38.7. The number of ether oxygens (including phenoxy) is 2. The van der Waals surface area contributed by atoms with Gasteiger partial charge in [-0.2, -0.15) is 0 Å². The number of amides is 2. The molecule has 158 valence electrons. The van der Waals surface area contributed by atoms with Crippen LogP contribution in [0.15, 0.2) is 42.5 Å². The summed E-state index contributed by atoms with van der Waals surface area (Å²) >= 11 is 0. The van der Waals surface area contributed by atoms with E-state index >= 15 is 0 Å². The molecule has 0 atom stereocenters. The minimum atomic E-state index is -0.180. The van der Waals surface area contributed by atoms with Gasteiger partial charge in [0.2, 0.25) is 5.91 Å². The van der Waals surface area contributed by atoms with E-state index < -0.39 is 0 Å². The van der Waals surface area contributed by atoms with Crippen molar-refractivity contribution < 1.29 is 23.9 Å². The fraction of sp³-hybridized carbons (Fsp3) is 0.348. The number of carbonyl (C=O) groups is 3. The highest BCUT2D eigenvalue weighted by atomic mass is 16.5. The molecule has 1 aliphatic heterocycles. The number of ketones is 1. The molecule has 0 aliphatic carbocycles. The molecule has 1 heterocycles. The maximum Gasteiger partial charge on any atom is 0.253 e. The van der Waals surface area contributed by atoms with Crippen molar-refractivity contribution in [2.24, 2.45) is 5.92 Å². The second-order valence-electron chi connectivity index (χ2n) is 7.26. The second kappa shape index (κ2) is 9.43. The van der Waals surface area contributed by atoms with Gasteiger partial charge < -0.3 is 19.7 Å². The van der Waals surface area contributed by atoms with Gasteiger partial charge in [-0.05, 0) is 50.1 Å². The summed E-state index contributed by atoms with van der Waals surface area (Å²) in [6.07, 6.45) is 1.16. The number of hydrogen-bond donors (Lipinski definition) is 1. The molecule has 2 aromatic rings. The van der Waals surface area contributed by atoms with Gasteiger partial charge in [0.05, 0.1) is 14.2 Å². The van der Waals surface area contributed by atoms with Gasteiger partial charge in [0.15, 0.2) is 17.3 Å². The lowest BCUT2D eigenvalue weighted by Crippen LogP contribution is -2.41. The summed E-state index contributed by atoms with van der Waals surface area (Å²) in [7, 11) is 3.08. The molecule has 0 spiro atoms. The van der Waals surface area contributed by atoms with E-state index in [4.69, 9.17) is 9.47 Å². The standard InChI is InChI=1S/C23H26N2O5/c1-15(26)17-5-4-6-19(13-17)24-22(27)16-9-11-25(12-10-16)23(28)18-7-8-20(29-2)21(14-18)30-3/h4-8,13-14,16H,9-12H2,1-3H3,(H,24,27). The Hall–Kier alpha value is -3.35. The number of benzene rings is 2. The Morgan fingerprint density at radius 1 is 0.933 bits per heavy atom. The fourth-order valence-corrected chi connectivity index (χ4v) is 3.56. The van der Waals surface area contributed by atoms with E-state index in [0.717, 1.165) is 0 Å². The van der Waals surface area contributed by atoms with E-state index in [1.54, 1.807) is 54.5 Å². The molecule has 1 saturated heterocycles. The number of rotatable bonds is 6. The number of anilines is 1. The van der Waals surface area contributed by atoms with Crippen molar-refractivity contribution >= 4 is 23.3 Å². The molecule has 7 nitrogen and oxygen atoms in total. The summed E-state index contributed by atoms with van der Waals surface area (Å²) in [6, 6.07) is 12.0. The van der Waals surface area contributed by atoms with Gasteiger partial charge in [0, 0.05) is 35.8 Å². The zero-order valence-corrected chi connectivity index (χ0v) is 17.4. The summed E-state index contributed by atoms with van der Waals surface area (Å²) in [5.74, 6) is 0.662. The van der Waals surface area contributed by atoms with Gasteiger partial charge in [0.25, 0.3) is 5.91 Å². The number of nitrogens with zero attached hydrogens (tertiary/aromatic N) is 1. The van der Waals surface area contributed by atoms with Crippen LogP contribution in [0.1, 0.15) is 40.5 Å². The number of hydrogen-bond acceptors (Lipinski definition) is 5.